The predicted molar refractivity (Wildman–Crippen MR) is 149 cm³/mol. The fraction of sp³-hybridized carbons (Fsp3) is 0.323. The van der Waals surface area contributed by atoms with Crippen LogP contribution in [-0.4, -0.2) is 70.1 Å². The van der Waals surface area contributed by atoms with Crippen LogP contribution < -0.4 is 9.47 Å². The predicted octanol–water partition coefficient (Wildman–Crippen LogP) is 5.89. The van der Waals surface area contributed by atoms with Gasteiger partial charge in [-0.2, -0.15) is 0 Å². The number of aryl methyl sites for hydroxylation is 2. The van der Waals surface area contributed by atoms with Crippen molar-refractivity contribution in [2.45, 2.75) is 13.8 Å². The van der Waals surface area contributed by atoms with Gasteiger partial charge in [0.1, 0.15) is 30.5 Å². The van der Waals surface area contributed by atoms with E-state index >= 15 is 0 Å². The Hall–Kier alpha value is -3.48. The maximum atomic E-state index is 14.7. The van der Waals surface area contributed by atoms with E-state index in [1.165, 1.54) is 18.2 Å². The molecular formula is C31H37FN2O3. The number of nitrogens with zero attached hydrogens (tertiary/aromatic N) is 2. The van der Waals surface area contributed by atoms with E-state index in [4.69, 9.17) is 9.47 Å². The Morgan fingerprint density at radius 2 is 1.46 bits per heavy atom. The van der Waals surface area contributed by atoms with Gasteiger partial charge in [0.15, 0.2) is 5.78 Å². The van der Waals surface area contributed by atoms with Gasteiger partial charge in [-0.05, 0) is 89.6 Å². The summed E-state index contributed by atoms with van der Waals surface area (Å²) >= 11 is 0. The summed E-state index contributed by atoms with van der Waals surface area (Å²) in [6.07, 6.45) is 2.89. The van der Waals surface area contributed by atoms with Crippen LogP contribution in [0, 0.1) is 19.7 Å². The second kappa shape index (κ2) is 13.2. The lowest BCUT2D eigenvalue weighted by atomic mass is 9.97. The summed E-state index contributed by atoms with van der Waals surface area (Å²) < 4.78 is 26.2. The number of halogens is 1. The van der Waals surface area contributed by atoms with Crippen molar-refractivity contribution in [3.63, 3.8) is 0 Å². The first-order valence-corrected chi connectivity index (χ1v) is 12.4. The van der Waals surface area contributed by atoms with Crippen LogP contribution in [0.3, 0.4) is 0 Å². The topological polar surface area (TPSA) is 42.0 Å². The number of rotatable bonds is 12. The van der Waals surface area contributed by atoms with E-state index in [1.54, 1.807) is 12.1 Å². The summed E-state index contributed by atoms with van der Waals surface area (Å²) in [5, 5.41) is 0. The third-order valence-corrected chi connectivity index (χ3v) is 5.79. The highest BCUT2D eigenvalue weighted by Gasteiger charge is 2.14. The molecule has 37 heavy (non-hydrogen) atoms. The zero-order chi connectivity index (χ0) is 26.9. The minimum atomic E-state index is -0.446. The second-order valence-electron chi connectivity index (χ2n) is 9.77. The quantitative estimate of drug-likeness (QED) is 0.227. The molecule has 0 aliphatic rings. The number of carbonyl (C=O) groups excluding carboxylic acids is 1. The number of hydrogen-bond donors (Lipinski definition) is 0. The molecule has 0 saturated carbocycles. The maximum absolute atomic E-state index is 14.7. The molecule has 0 aliphatic heterocycles. The summed E-state index contributed by atoms with van der Waals surface area (Å²) in [5.41, 5.74) is 5.02. The zero-order valence-corrected chi connectivity index (χ0v) is 22.7. The van der Waals surface area contributed by atoms with Crippen LogP contribution in [0.1, 0.15) is 27.0 Å². The van der Waals surface area contributed by atoms with Crippen LogP contribution in [-0.2, 0) is 0 Å². The first-order valence-electron chi connectivity index (χ1n) is 12.4. The molecule has 0 unspecified atom stereocenters. The Morgan fingerprint density at radius 3 is 2.08 bits per heavy atom. The number of hydrogen-bond acceptors (Lipinski definition) is 5. The molecule has 0 aromatic heterocycles. The van der Waals surface area contributed by atoms with E-state index in [2.05, 4.69) is 32.0 Å². The Bertz CT molecular complexity index is 1230. The van der Waals surface area contributed by atoms with Crippen molar-refractivity contribution in [3.8, 4) is 22.6 Å². The van der Waals surface area contributed by atoms with Crippen molar-refractivity contribution < 1.29 is 18.7 Å². The Labute approximate surface area is 220 Å². The molecule has 0 amide bonds. The van der Waals surface area contributed by atoms with Gasteiger partial charge in [0.05, 0.1) is 5.56 Å². The van der Waals surface area contributed by atoms with Crippen LogP contribution in [0.15, 0.2) is 60.7 Å². The van der Waals surface area contributed by atoms with Gasteiger partial charge in [-0.25, -0.2) is 4.39 Å². The molecule has 5 nitrogen and oxygen atoms in total. The van der Waals surface area contributed by atoms with Crippen molar-refractivity contribution in [2.24, 2.45) is 0 Å². The third kappa shape index (κ3) is 8.55. The lowest BCUT2D eigenvalue weighted by Gasteiger charge is -2.15. The highest BCUT2D eigenvalue weighted by Crippen LogP contribution is 2.29. The summed E-state index contributed by atoms with van der Waals surface area (Å²) in [6.45, 7) is 6.47. The minimum Gasteiger partial charge on any atom is -0.492 e. The standard InChI is InChI=1S/C31H37FN2O3/c1-22-17-23(2)19-26(18-22)25-9-12-31(37-16-14-34(5)6)28(20-25)30(35)11-8-24-7-10-27(21-29(24)32)36-15-13-33(3)4/h7-12,17-21H,13-16H2,1-6H3. The molecule has 0 bridgehead atoms. The molecule has 0 spiro atoms. The van der Waals surface area contributed by atoms with Crippen LogP contribution in [0.2, 0.25) is 0 Å². The van der Waals surface area contributed by atoms with Gasteiger partial charge in [0, 0.05) is 24.7 Å². The summed E-state index contributed by atoms with van der Waals surface area (Å²) in [7, 11) is 7.83. The van der Waals surface area contributed by atoms with Gasteiger partial charge >= 0.3 is 0 Å². The Morgan fingerprint density at radius 1 is 0.811 bits per heavy atom. The monoisotopic (exact) mass is 504 g/mol. The smallest absolute Gasteiger partial charge is 0.189 e. The number of ketones is 1. The summed E-state index contributed by atoms with van der Waals surface area (Å²) in [4.78, 5) is 17.3. The molecule has 0 radical (unpaired) electrons. The fourth-order valence-electron chi connectivity index (χ4n) is 3.84. The molecule has 0 atom stereocenters. The first kappa shape index (κ1) is 28.1. The van der Waals surface area contributed by atoms with E-state index in [1.807, 2.05) is 56.2 Å². The average molecular weight is 505 g/mol. The summed E-state index contributed by atoms with van der Waals surface area (Å²) in [6, 6.07) is 16.6. The number of allylic oxidation sites excluding steroid dienone is 1. The Kier molecular flexibility index (Phi) is 10.0. The molecule has 0 aliphatic carbocycles. The van der Waals surface area contributed by atoms with Gasteiger partial charge in [-0.1, -0.05) is 35.4 Å². The molecule has 0 fully saturated rings. The molecule has 0 saturated heterocycles. The van der Waals surface area contributed by atoms with Gasteiger partial charge in [0.25, 0.3) is 0 Å². The van der Waals surface area contributed by atoms with E-state index in [-0.39, 0.29) is 5.78 Å². The number of carbonyl (C=O) groups is 1. The van der Waals surface area contributed by atoms with Crippen LogP contribution in [0.5, 0.6) is 11.5 Å². The van der Waals surface area contributed by atoms with Gasteiger partial charge < -0.3 is 19.3 Å². The van der Waals surface area contributed by atoms with Crippen LogP contribution in [0.25, 0.3) is 17.2 Å². The van der Waals surface area contributed by atoms with Gasteiger partial charge in [-0.3, -0.25) is 4.79 Å². The van der Waals surface area contributed by atoms with E-state index in [0.717, 1.165) is 35.3 Å². The molecule has 0 N–H and O–H groups in total. The van der Waals surface area contributed by atoms with Crippen molar-refractivity contribution >= 4 is 11.9 Å². The number of ether oxygens (including phenoxy) is 2. The van der Waals surface area contributed by atoms with Crippen molar-refractivity contribution in [3.05, 3.63) is 88.7 Å². The van der Waals surface area contributed by atoms with Crippen molar-refractivity contribution in [1.29, 1.82) is 0 Å². The largest absolute Gasteiger partial charge is 0.492 e. The first-order chi connectivity index (χ1) is 17.6. The average Bonchev–Trinajstić information content (AvgIpc) is 2.82. The molecule has 3 aromatic rings. The van der Waals surface area contributed by atoms with E-state index in [0.29, 0.717) is 35.8 Å². The molecule has 0 heterocycles. The second-order valence-corrected chi connectivity index (χ2v) is 9.77. The molecular weight excluding hydrogens is 467 g/mol. The molecule has 3 aromatic carbocycles. The SMILES string of the molecule is Cc1cc(C)cc(-c2ccc(OCCN(C)C)c(C(=O)C=Cc3ccc(OCCN(C)C)cc3F)c2)c1. The van der Waals surface area contributed by atoms with Gasteiger partial charge in [-0.15, -0.1) is 0 Å². The lowest BCUT2D eigenvalue weighted by Crippen LogP contribution is -2.20. The van der Waals surface area contributed by atoms with Crippen molar-refractivity contribution in [1.82, 2.24) is 9.80 Å². The molecule has 3 rings (SSSR count). The molecule has 196 valence electrons. The highest BCUT2D eigenvalue weighted by molar-refractivity contribution is 6.09. The van der Waals surface area contributed by atoms with Gasteiger partial charge in [0.2, 0.25) is 0 Å². The summed E-state index contributed by atoms with van der Waals surface area (Å²) in [5.74, 6) is 0.268. The number of likely N-dealkylation sites (N-methyl/N-ethyl adjacent to an activating group) is 2. The number of benzene rings is 3. The third-order valence-electron chi connectivity index (χ3n) is 5.79. The zero-order valence-electron chi connectivity index (χ0n) is 22.7. The molecule has 6 heteroatoms. The minimum absolute atomic E-state index is 0.253. The Balaban J connectivity index is 1.85. The van der Waals surface area contributed by atoms with Crippen LogP contribution in [0.4, 0.5) is 4.39 Å². The van der Waals surface area contributed by atoms with E-state index in [9.17, 15) is 9.18 Å². The normalized spacial score (nSPS) is 11.5. The van der Waals surface area contributed by atoms with Crippen molar-refractivity contribution in [2.75, 3.05) is 54.5 Å². The van der Waals surface area contributed by atoms with E-state index < -0.39 is 5.82 Å². The highest BCUT2D eigenvalue weighted by atomic mass is 19.1. The maximum Gasteiger partial charge on any atom is 0.189 e. The fourth-order valence-corrected chi connectivity index (χ4v) is 3.84. The lowest BCUT2D eigenvalue weighted by molar-refractivity contribution is 0.104. The van der Waals surface area contributed by atoms with Crippen LogP contribution >= 0.6 is 0 Å².